The Hall–Kier alpha value is -1.08. The third kappa shape index (κ3) is 6.08. The number of nitrogens with one attached hydrogen (secondary N) is 1. The number of hydrogen-bond acceptors (Lipinski definition) is 3. The van der Waals surface area contributed by atoms with E-state index in [2.05, 4.69) is 19.2 Å². The maximum absolute atomic E-state index is 11.5. The summed E-state index contributed by atoms with van der Waals surface area (Å²) in [6.45, 7) is 9.40. The molecule has 4 nitrogen and oxygen atoms in total. The molecule has 0 rings (SSSR count). The van der Waals surface area contributed by atoms with Crippen molar-refractivity contribution in [1.29, 1.82) is 5.26 Å². The molecule has 0 radical (unpaired) electrons. The van der Waals surface area contributed by atoms with E-state index >= 15 is 0 Å². The van der Waals surface area contributed by atoms with Crippen LogP contribution < -0.4 is 5.32 Å². The van der Waals surface area contributed by atoms with Gasteiger partial charge in [0.1, 0.15) is 0 Å². The molecular formula is C11H21N3O. The van der Waals surface area contributed by atoms with E-state index in [4.69, 9.17) is 5.26 Å². The van der Waals surface area contributed by atoms with Crippen LogP contribution in [-0.4, -0.2) is 36.5 Å². The molecule has 0 aliphatic carbocycles. The fourth-order valence-electron chi connectivity index (χ4n) is 1.05. The maximum Gasteiger partial charge on any atom is 0.234 e. The van der Waals surface area contributed by atoms with Crippen LogP contribution in [0.5, 0.6) is 0 Å². The average Bonchev–Trinajstić information content (AvgIpc) is 2.16. The smallest absolute Gasteiger partial charge is 0.234 e. The number of carbonyl (C=O) groups is 1. The van der Waals surface area contributed by atoms with E-state index in [9.17, 15) is 4.79 Å². The molecule has 1 atom stereocenters. The Kier molecular flexibility index (Phi) is 6.72. The van der Waals surface area contributed by atoms with Crippen molar-refractivity contribution in [2.75, 3.05) is 19.6 Å². The SMILES string of the molecule is CCN(CC#N)CC(=O)NC(C)C(C)C. The van der Waals surface area contributed by atoms with Gasteiger partial charge in [-0.15, -0.1) is 0 Å². The van der Waals surface area contributed by atoms with Crippen molar-refractivity contribution in [3.63, 3.8) is 0 Å². The molecule has 4 heteroatoms. The van der Waals surface area contributed by atoms with Crippen LogP contribution in [0, 0.1) is 17.2 Å². The molecule has 0 heterocycles. The number of carbonyl (C=O) groups excluding carboxylic acids is 1. The molecule has 0 spiro atoms. The highest BCUT2D eigenvalue weighted by molar-refractivity contribution is 5.78. The van der Waals surface area contributed by atoms with Gasteiger partial charge in [0.25, 0.3) is 0 Å². The Morgan fingerprint density at radius 2 is 2.07 bits per heavy atom. The van der Waals surface area contributed by atoms with E-state index < -0.39 is 0 Å². The van der Waals surface area contributed by atoms with Crippen molar-refractivity contribution in [3.8, 4) is 6.07 Å². The van der Waals surface area contributed by atoms with Gasteiger partial charge >= 0.3 is 0 Å². The Balaban J connectivity index is 3.97. The highest BCUT2D eigenvalue weighted by Crippen LogP contribution is 1.99. The first-order chi connectivity index (χ1) is 7.01. The third-order valence-electron chi connectivity index (χ3n) is 2.50. The number of hydrogen-bond donors (Lipinski definition) is 1. The van der Waals surface area contributed by atoms with Gasteiger partial charge < -0.3 is 5.32 Å². The summed E-state index contributed by atoms with van der Waals surface area (Å²) in [6.07, 6.45) is 0. The monoisotopic (exact) mass is 211 g/mol. The number of nitriles is 1. The lowest BCUT2D eigenvalue weighted by atomic mass is 10.1. The van der Waals surface area contributed by atoms with Crippen molar-refractivity contribution in [2.45, 2.75) is 33.7 Å². The van der Waals surface area contributed by atoms with Gasteiger partial charge in [-0.3, -0.25) is 9.69 Å². The van der Waals surface area contributed by atoms with Crippen LogP contribution in [-0.2, 0) is 4.79 Å². The first-order valence-corrected chi connectivity index (χ1v) is 5.39. The molecule has 1 amide bonds. The van der Waals surface area contributed by atoms with Crippen LogP contribution in [0.3, 0.4) is 0 Å². The van der Waals surface area contributed by atoms with Gasteiger partial charge in [-0.1, -0.05) is 20.8 Å². The number of nitrogens with zero attached hydrogens (tertiary/aromatic N) is 2. The minimum atomic E-state index is -0.00620. The first-order valence-electron chi connectivity index (χ1n) is 5.39. The molecule has 1 N–H and O–H groups in total. The zero-order valence-corrected chi connectivity index (χ0v) is 10.1. The minimum absolute atomic E-state index is 0.00620. The summed E-state index contributed by atoms with van der Waals surface area (Å²) < 4.78 is 0. The van der Waals surface area contributed by atoms with Gasteiger partial charge in [-0.2, -0.15) is 5.26 Å². The number of likely N-dealkylation sites (N-methyl/N-ethyl adjacent to an activating group) is 1. The van der Waals surface area contributed by atoms with Crippen LogP contribution in [0.1, 0.15) is 27.7 Å². The normalized spacial score (nSPS) is 12.6. The van der Waals surface area contributed by atoms with Crippen molar-refractivity contribution in [1.82, 2.24) is 10.2 Å². The van der Waals surface area contributed by atoms with Crippen molar-refractivity contribution < 1.29 is 4.79 Å². The second kappa shape index (κ2) is 7.24. The molecule has 0 saturated heterocycles. The van der Waals surface area contributed by atoms with Crippen molar-refractivity contribution >= 4 is 5.91 Å². The standard InChI is InChI=1S/C11H21N3O/c1-5-14(7-6-12)8-11(15)13-10(4)9(2)3/h9-10H,5,7-8H2,1-4H3,(H,13,15). The molecule has 0 aliphatic heterocycles. The lowest BCUT2D eigenvalue weighted by molar-refractivity contribution is -0.122. The van der Waals surface area contributed by atoms with Crippen LogP contribution in [0.25, 0.3) is 0 Å². The summed E-state index contributed by atoms with van der Waals surface area (Å²) in [4.78, 5) is 13.3. The second-order valence-electron chi connectivity index (χ2n) is 4.06. The fourth-order valence-corrected chi connectivity index (χ4v) is 1.05. The Bertz CT molecular complexity index is 232. The molecule has 15 heavy (non-hydrogen) atoms. The van der Waals surface area contributed by atoms with Gasteiger partial charge in [0.05, 0.1) is 19.2 Å². The predicted molar refractivity (Wildman–Crippen MR) is 60.2 cm³/mol. The van der Waals surface area contributed by atoms with Crippen LogP contribution in [0.15, 0.2) is 0 Å². The molecule has 1 unspecified atom stereocenters. The van der Waals surface area contributed by atoms with E-state index in [-0.39, 0.29) is 11.9 Å². The topological polar surface area (TPSA) is 56.1 Å². The molecular weight excluding hydrogens is 190 g/mol. The molecule has 0 fully saturated rings. The zero-order valence-electron chi connectivity index (χ0n) is 10.1. The van der Waals surface area contributed by atoms with Gasteiger partial charge in [-0.05, 0) is 19.4 Å². The molecule has 0 aromatic heterocycles. The molecule has 0 aromatic rings. The van der Waals surface area contributed by atoms with E-state index in [1.54, 1.807) is 0 Å². The lowest BCUT2D eigenvalue weighted by Gasteiger charge is -2.20. The minimum Gasteiger partial charge on any atom is -0.352 e. The Morgan fingerprint density at radius 3 is 2.47 bits per heavy atom. The number of rotatable bonds is 6. The summed E-state index contributed by atoms with van der Waals surface area (Å²) in [5.74, 6) is 0.424. The highest BCUT2D eigenvalue weighted by atomic mass is 16.2. The van der Waals surface area contributed by atoms with Gasteiger partial charge in [-0.25, -0.2) is 0 Å². The summed E-state index contributed by atoms with van der Waals surface area (Å²) in [6, 6.07) is 2.23. The van der Waals surface area contributed by atoms with E-state index in [1.807, 2.05) is 24.8 Å². The van der Waals surface area contributed by atoms with Crippen LogP contribution in [0.2, 0.25) is 0 Å². The molecule has 0 saturated carbocycles. The zero-order chi connectivity index (χ0) is 11.8. The quantitative estimate of drug-likeness (QED) is 0.667. The summed E-state index contributed by atoms with van der Waals surface area (Å²) in [5.41, 5.74) is 0. The van der Waals surface area contributed by atoms with Crippen LogP contribution in [0.4, 0.5) is 0 Å². The molecule has 0 bridgehead atoms. The maximum atomic E-state index is 11.5. The van der Waals surface area contributed by atoms with Crippen molar-refractivity contribution in [3.05, 3.63) is 0 Å². The van der Waals surface area contributed by atoms with E-state index in [0.717, 1.165) is 6.54 Å². The van der Waals surface area contributed by atoms with Crippen LogP contribution >= 0.6 is 0 Å². The molecule has 0 aromatic carbocycles. The predicted octanol–water partition coefficient (Wildman–Crippen LogP) is 0.993. The van der Waals surface area contributed by atoms with Gasteiger partial charge in [0.15, 0.2) is 0 Å². The summed E-state index contributed by atoms with van der Waals surface area (Å²) >= 11 is 0. The Labute approximate surface area is 92.3 Å². The second-order valence-corrected chi connectivity index (χ2v) is 4.06. The van der Waals surface area contributed by atoms with E-state index in [1.165, 1.54) is 0 Å². The highest BCUT2D eigenvalue weighted by Gasteiger charge is 2.13. The fraction of sp³-hybridized carbons (Fsp3) is 0.818. The lowest BCUT2D eigenvalue weighted by Crippen LogP contribution is -2.42. The van der Waals surface area contributed by atoms with E-state index in [0.29, 0.717) is 19.0 Å². The largest absolute Gasteiger partial charge is 0.352 e. The van der Waals surface area contributed by atoms with Crippen molar-refractivity contribution in [2.24, 2.45) is 5.92 Å². The number of amides is 1. The third-order valence-corrected chi connectivity index (χ3v) is 2.50. The average molecular weight is 211 g/mol. The molecule has 0 aliphatic rings. The summed E-state index contributed by atoms with van der Waals surface area (Å²) in [7, 11) is 0. The summed E-state index contributed by atoms with van der Waals surface area (Å²) in [5, 5.41) is 11.4. The Morgan fingerprint density at radius 1 is 1.47 bits per heavy atom. The van der Waals surface area contributed by atoms with Gasteiger partial charge in [0, 0.05) is 6.04 Å². The molecule has 86 valence electrons. The van der Waals surface area contributed by atoms with Gasteiger partial charge in [0.2, 0.25) is 5.91 Å². The first kappa shape index (κ1) is 13.9.